The molecular weight excluding hydrogens is 232 g/mol. The van der Waals surface area contributed by atoms with Crippen LogP contribution in [0.15, 0.2) is 24.3 Å². The van der Waals surface area contributed by atoms with E-state index in [1.807, 2.05) is 17.0 Å². The Labute approximate surface area is 105 Å². The summed E-state index contributed by atoms with van der Waals surface area (Å²) in [5.41, 5.74) is 1.32. The second kappa shape index (κ2) is 3.54. The van der Waals surface area contributed by atoms with Gasteiger partial charge in [0, 0.05) is 37.6 Å². The molecule has 2 aliphatic rings. The van der Waals surface area contributed by atoms with Crippen LogP contribution in [0.25, 0.3) is 0 Å². The van der Waals surface area contributed by atoms with Crippen molar-refractivity contribution in [2.45, 2.75) is 18.8 Å². The van der Waals surface area contributed by atoms with Gasteiger partial charge in [-0.2, -0.15) is 0 Å². The Morgan fingerprint density at radius 1 is 1.44 bits per heavy atom. The molecule has 2 atom stereocenters. The third-order valence-electron chi connectivity index (χ3n) is 4.24. The number of hydrogen-bond donors (Lipinski definition) is 0. The quantitative estimate of drug-likeness (QED) is 0.589. The molecule has 1 aliphatic heterocycles. The molecule has 1 aliphatic carbocycles. The number of rotatable bonds is 2. The fraction of sp³-hybridized carbons (Fsp3) is 0.462. The molecule has 5 nitrogen and oxygen atoms in total. The van der Waals surface area contributed by atoms with Crippen LogP contribution in [0.4, 0.5) is 5.69 Å². The van der Waals surface area contributed by atoms with E-state index in [1.54, 1.807) is 19.1 Å². The SMILES string of the molecule is CC(=O)N1CC2CC2(c2ccc([N+](=O)[O-])cc2)C1. The van der Waals surface area contributed by atoms with Gasteiger partial charge < -0.3 is 4.90 Å². The molecule has 0 radical (unpaired) electrons. The molecule has 1 amide bonds. The van der Waals surface area contributed by atoms with Gasteiger partial charge in [0.15, 0.2) is 0 Å². The molecule has 18 heavy (non-hydrogen) atoms. The van der Waals surface area contributed by atoms with E-state index in [0.29, 0.717) is 5.92 Å². The van der Waals surface area contributed by atoms with Gasteiger partial charge in [0.05, 0.1) is 4.92 Å². The Hall–Kier alpha value is -1.91. The van der Waals surface area contributed by atoms with Crippen molar-refractivity contribution in [1.82, 2.24) is 4.90 Å². The van der Waals surface area contributed by atoms with Gasteiger partial charge in [0.1, 0.15) is 0 Å². The Morgan fingerprint density at radius 3 is 2.61 bits per heavy atom. The van der Waals surface area contributed by atoms with Crippen LogP contribution >= 0.6 is 0 Å². The zero-order valence-electron chi connectivity index (χ0n) is 10.1. The van der Waals surface area contributed by atoms with Crippen molar-refractivity contribution in [2.75, 3.05) is 13.1 Å². The largest absolute Gasteiger partial charge is 0.342 e. The summed E-state index contributed by atoms with van der Waals surface area (Å²) in [6, 6.07) is 6.77. The lowest BCUT2D eigenvalue weighted by Crippen LogP contribution is -2.30. The van der Waals surface area contributed by atoms with E-state index < -0.39 is 0 Å². The summed E-state index contributed by atoms with van der Waals surface area (Å²) in [6.07, 6.45) is 1.09. The zero-order valence-corrected chi connectivity index (χ0v) is 10.1. The summed E-state index contributed by atoms with van der Waals surface area (Å²) < 4.78 is 0. The molecule has 0 bridgehead atoms. The van der Waals surface area contributed by atoms with Crippen LogP contribution in [-0.2, 0) is 10.2 Å². The first-order valence-electron chi connectivity index (χ1n) is 6.03. The van der Waals surface area contributed by atoms with Crippen LogP contribution in [0.3, 0.4) is 0 Å². The Balaban J connectivity index is 1.84. The van der Waals surface area contributed by atoms with Crippen molar-refractivity contribution in [3.8, 4) is 0 Å². The van der Waals surface area contributed by atoms with Crippen molar-refractivity contribution < 1.29 is 9.72 Å². The van der Waals surface area contributed by atoms with Crippen LogP contribution in [0.1, 0.15) is 18.9 Å². The van der Waals surface area contributed by atoms with Crippen LogP contribution in [0, 0.1) is 16.0 Å². The number of benzene rings is 1. The Bertz CT molecular complexity index is 526. The standard InChI is InChI=1S/C13H14N2O3/c1-9(16)14-7-11-6-13(11,8-14)10-2-4-12(5-3-10)15(17)18/h2-5,11H,6-8H2,1H3. The van der Waals surface area contributed by atoms with Gasteiger partial charge >= 0.3 is 0 Å². The number of nitro benzene ring substituents is 1. The number of carbonyl (C=O) groups is 1. The van der Waals surface area contributed by atoms with E-state index in [4.69, 9.17) is 0 Å². The molecule has 3 rings (SSSR count). The molecule has 1 saturated heterocycles. The molecular formula is C13H14N2O3. The molecule has 94 valence electrons. The van der Waals surface area contributed by atoms with E-state index in [9.17, 15) is 14.9 Å². The minimum absolute atomic E-state index is 0.0702. The van der Waals surface area contributed by atoms with E-state index in [-0.39, 0.29) is 21.9 Å². The maximum absolute atomic E-state index is 11.4. The van der Waals surface area contributed by atoms with Gasteiger partial charge in [-0.05, 0) is 17.9 Å². The van der Waals surface area contributed by atoms with Gasteiger partial charge in [-0.1, -0.05) is 12.1 Å². The van der Waals surface area contributed by atoms with E-state index >= 15 is 0 Å². The van der Waals surface area contributed by atoms with E-state index in [2.05, 4.69) is 0 Å². The van der Waals surface area contributed by atoms with Gasteiger partial charge in [0.2, 0.25) is 5.91 Å². The number of carbonyl (C=O) groups excluding carboxylic acids is 1. The predicted octanol–water partition coefficient (Wildman–Crippen LogP) is 1.71. The molecule has 1 heterocycles. The summed E-state index contributed by atoms with van der Waals surface area (Å²) >= 11 is 0. The van der Waals surface area contributed by atoms with Crippen molar-refractivity contribution in [3.63, 3.8) is 0 Å². The van der Waals surface area contributed by atoms with E-state index in [0.717, 1.165) is 25.1 Å². The van der Waals surface area contributed by atoms with Crippen LogP contribution in [-0.4, -0.2) is 28.8 Å². The highest BCUT2D eigenvalue weighted by atomic mass is 16.6. The third-order valence-corrected chi connectivity index (χ3v) is 4.24. The third kappa shape index (κ3) is 1.50. The summed E-state index contributed by atoms with van der Waals surface area (Å²) in [5.74, 6) is 0.645. The number of nitrogens with zero attached hydrogens (tertiary/aromatic N) is 2. The van der Waals surface area contributed by atoms with Crippen LogP contribution in [0.5, 0.6) is 0 Å². The summed E-state index contributed by atoms with van der Waals surface area (Å²) in [4.78, 5) is 23.5. The van der Waals surface area contributed by atoms with Gasteiger partial charge in [-0.15, -0.1) is 0 Å². The van der Waals surface area contributed by atoms with Gasteiger partial charge in [0.25, 0.3) is 5.69 Å². The number of amides is 1. The highest BCUT2D eigenvalue weighted by Gasteiger charge is 2.61. The minimum Gasteiger partial charge on any atom is -0.342 e. The van der Waals surface area contributed by atoms with Crippen molar-refractivity contribution >= 4 is 11.6 Å². The number of non-ortho nitro benzene ring substituents is 1. The second-order valence-corrected chi connectivity index (χ2v) is 5.26. The second-order valence-electron chi connectivity index (χ2n) is 5.26. The Morgan fingerprint density at radius 2 is 2.11 bits per heavy atom. The van der Waals surface area contributed by atoms with Crippen LogP contribution < -0.4 is 0 Å². The number of nitro groups is 1. The average molecular weight is 246 g/mol. The molecule has 5 heteroatoms. The Kier molecular flexibility index (Phi) is 2.20. The molecule has 2 fully saturated rings. The van der Waals surface area contributed by atoms with Crippen molar-refractivity contribution in [1.29, 1.82) is 0 Å². The molecule has 1 aromatic carbocycles. The maximum atomic E-state index is 11.4. The lowest BCUT2D eigenvalue weighted by molar-refractivity contribution is -0.384. The van der Waals surface area contributed by atoms with Crippen molar-refractivity contribution in [3.05, 3.63) is 39.9 Å². The number of fused-ring (bicyclic) bond motifs is 1. The van der Waals surface area contributed by atoms with Gasteiger partial charge in [-0.3, -0.25) is 14.9 Å². The number of hydrogen-bond acceptors (Lipinski definition) is 3. The smallest absolute Gasteiger partial charge is 0.269 e. The molecule has 1 saturated carbocycles. The normalized spacial score (nSPS) is 28.9. The first-order chi connectivity index (χ1) is 8.53. The fourth-order valence-electron chi connectivity index (χ4n) is 3.08. The minimum atomic E-state index is -0.387. The molecule has 0 aromatic heterocycles. The zero-order chi connectivity index (χ0) is 12.9. The molecule has 2 unspecified atom stereocenters. The van der Waals surface area contributed by atoms with E-state index in [1.165, 1.54) is 0 Å². The fourth-order valence-corrected chi connectivity index (χ4v) is 3.08. The van der Waals surface area contributed by atoms with Gasteiger partial charge in [-0.25, -0.2) is 0 Å². The highest BCUT2D eigenvalue weighted by Crippen LogP contribution is 2.59. The molecule has 0 spiro atoms. The number of likely N-dealkylation sites (tertiary alicyclic amines) is 1. The predicted molar refractivity (Wildman–Crippen MR) is 65.1 cm³/mol. The first kappa shape index (κ1) is 11.2. The maximum Gasteiger partial charge on any atom is 0.269 e. The monoisotopic (exact) mass is 246 g/mol. The first-order valence-corrected chi connectivity index (χ1v) is 6.03. The summed E-state index contributed by atoms with van der Waals surface area (Å²) in [6.45, 7) is 3.17. The lowest BCUT2D eigenvalue weighted by Gasteiger charge is -2.19. The highest BCUT2D eigenvalue weighted by molar-refractivity contribution is 5.74. The summed E-state index contributed by atoms with van der Waals surface area (Å²) in [7, 11) is 0. The number of piperidine rings is 1. The lowest BCUT2D eigenvalue weighted by atomic mass is 9.95. The molecule has 0 N–H and O–H groups in total. The van der Waals surface area contributed by atoms with Crippen molar-refractivity contribution in [2.24, 2.45) is 5.92 Å². The average Bonchev–Trinajstić information content (AvgIpc) is 2.92. The molecule has 1 aromatic rings. The van der Waals surface area contributed by atoms with Crippen LogP contribution in [0.2, 0.25) is 0 Å². The topological polar surface area (TPSA) is 63.5 Å². The summed E-state index contributed by atoms with van der Waals surface area (Å²) in [5, 5.41) is 10.6.